The Kier molecular flexibility index (Phi) is 5.86. The number of nitrogens with one attached hydrogen (secondary N) is 1. The molecule has 1 atom stereocenters. The quantitative estimate of drug-likeness (QED) is 0.641. The summed E-state index contributed by atoms with van der Waals surface area (Å²) in [7, 11) is 0. The van der Waals surface area contributed by atoms with Crippen LogP contribution in [-0.2, 0) is 0 Å². The molecule has 0 aliphatic rings. The predicted molar refractivity (Wildman–Crippen MR) is 92.9 cm³/mol. The minimum atomic E-state index is 0.399. The lowest BCUT2D eigenvalue weighted by molar-refractivity contribution is 0.634. The zero-order valence-electron chi connectivity index (χ0n) is 13.5. The molecule has 21 heavy (non-hydrogen) atoms. The van der Waals surface area contributed by atoms with E-state index in [4.69, 9.17) is 0 Å². The average Bonchev–Trinajstić information content (AvgIpc) is 2.52. The Morgan fingerprint density at radius 2 is 1.52 bits per heavy atom. The number of anilines is 1. The van der Waals surface area contributed by atoms with Crippen molar-refractivity contribution in [1.29, 1.82) is 0 Å². The highest BCUT2D eigenvalue weighted by Crippen LogP contribution is 2.25. The minimum absolute atomic E-state index is 0.399. The molecule has 2 aromatic rings. The van der Waals surface area contributed by atoms with Gasteiger partial charge in [-0.2, -0.15) is 0 Å². The van der Waals surface area contributed by atoms with Crippen LogP contribution in [0.1, 0.15) is 63.1 Å². The van der Waals surface area contributed by atoms with Gasteiger partial charge in [0, 0.05) is 5.69 Å². The normalized spacial score (nSPS) is 12.4. The molecule has 1 N–H and O–H groups in total. The van der Waals surface area contributed by atoms with Crippen molar-refractivity contribution in [3.63, 3.8) is 0 Å². The zero-order valence-corrected chi connectivity index (χ0v) is 13.5. The van der Waals surface area contributed by atoms with E-state index in [1.54, 1.807) is 0 Å². The van der Waals surface area contributed by atoms with Crippen molar-refractivity contribution in [2.75, 3.05) is 5.32 Å². The Hall–Kier alpha value is -1.76. The molecule has 0 amide bonds. The smallest absolute Gasteiger partial charge is 0.0513 e. The molecule has 0 fully saturated rings. The Morgan fingerprint density at radius 3 is 2.10 bits per heavy atom. The maximum Gasteiger partial charge on any atom is 0.0513 e. The Balaban J connectivity index is 2.11. The van der Waals surface area contributed by atoms with E-state index in [1.807, 2.05) is 0 Å². The van der Waals surface area contributed by atoms with Crippen molar-refractivity contribution in [1.82, 2.24) is 0 Å². The van der Waals surface area contributed by atoms with E-state index in [0.29, 0.717) is 12.0 Å². The molecule has 112 valence electrons. The summed E-state index contributed by atoms with van der Waals surface area (Å²) in [6.07, 6.45) is 3.65. The fourth-order valence-corrected chi connectivity index (χ4v) is 2.58. The molecule has 1 nitrogen and oxygen atoms in total. The molecule has 0 heterocycles. The van der Waals surface area contributed by atoms with Gasteiger partial charge >= 0.3 is 0 Å². The van der Waals surface area contributed by atoms with Crippen molar-refractivity contribution in [3.8, 4) is 0 Å². The Morgan fingerprint density at radius 1 is 0.857 bits per heavy atom. The summed E-state index contributed by atoms with van der Waals surface area (Å²) < 4.78 is 0. The summed E-state index contributed by atoms with van der Waals surface area (Å²) in [4.78, 5) is 0. The molecule has 0 aliphatic heterocycles. The van der Waals surface area contributed by atoms with Gasteiger partial charge in [0.05, 0.1) is 6.04 Å². The van der Waals surface area contributed by atoms with Gasteiger partial charge in [-0.25, -0.2) is 0 Å². The van der Waals surface area contributed by atoms with Crippen LogP contribution < -0.4 is 5.32 Å². The highest BCUT2D eigenvalue weighted by Gasteiger charge is 2.10. The second-order valence-electron chi connectivity index (χ2n) is 6.03. The summed E-state index contributed by atoms with van der Waals surface area (Å²) in [6, 6.07) is 20.0. The topological polar surface area (TPSA) is 12.0 Å². The van der Waals surface area contributed by atoms with Crippen LogP contribution >= 0.6 is 0 Å². The number of hydrogen-bond acceptors (Lipinski definition) is 1. The second-order valence-corrected chi connectivity index (χ2v) is 6.03. The van der Waals surface area contributed by atoms with E-state index < -0.39 is 0 Å². The van der Waals surface area contributed by atoms with Crippen LogP contribution in [-0.4, -0.2) is 0 Å². The van der Waals surface area contributed by atoms with Crippen LogP contribution in [0.5, 0.6) is 0 Å². The van der Waals surface area contributed by atoms with Crippen molar-refractivity contribution in [3.05, 3.63) is 65.7 Å². The number of unbranched alkanes of at least 4 members (excludes halogenated alkanes) is 1. The van der Waals surface area contributed by atoms with Gasteiger partial charge in [-0.1, -0.05) is 76.1 Å². The summed E-state index contributed by atoms with van der Waals surface area (Å²) in [5.41, 5.74) is 3.98. The van der Waals surface area contributed by atoms with Gasteiger partial charge in [-0.3, -0.25) is 0 Å². The maximum absolute atomic E-state index is 3.70. The molecule has 0 bridgehead atoms. The highest BCUT2D eigenvalue weighted by atomic mass is 14.9. The van der Waals surface area contributed by atoms with Gasteiger partial charge < -0.3 is 5.32 Å². The van der Waals surface area contributed by atoms with Gasteiger partial charge in [0.2, 0.25) is 0 Å². The van der Waals surface area contributed by atoms with Crippen LogP contribution in [0, 0.1) is 0 Å². The maximum atomic E-state index is 3.70. The second kappa shape index (κ2) is 7.87. The lowest BCUT2D eigenvalue weighted by Gasteiger charge is -2.21. The van der Waals surface area contributed by atoms with Gasteiger partial charge in [0.25, 0.3) is 0 Å². The molecule has 0 aliphatic carbocycles. The standard InChI is InChI=1S/C20H27N/c1-4-5-11-20(18-9-7-6-8-10-18)21-19-14-12-17(13-15-19)16(2)3/h6-10,12-16,20-21H,4-5,11H2,1-3H3. The van der Waals surface area contributed by atoms with Crippen molar-refractivity contribution in [2.45, 2.75) is 52.0 Å². The van der Waals surface area contributed by atoms with E-state index in [-0.39, 0.29) is 0 Å². The highest BCUT2D eigenvalue weighted by molar-refractivity contribution is 5.47. The van der Waals surface area contributed by atoms with Crippen LogP contribution in [0.15, 0.2) is 54.6 Å². The molecule has 0 saturated heterocycles. The molecule has 0 saturated carbocycles. The van der Waals surface area contributed by atoms with E-state index in [2.05, 4.69) is 80.7 Å². The van der Waals surface area contributed by atoms with E-state index in [0.717, 1.165) is 0 Å². The molecule has 0 radical (unpaired) electrons. The van der Waals surface area contributed by atoms with Crippen LogP contribution in [0.2, 0.25) is 0 Å². The number of benzene rings is 2. The molecular formula is C20H27N. The molecular weight excluding hydrogens is 254 g/mol. The van der Waals surface area contributed by atoms with Crippen molar-refractivity contribution < 1.29 is 0 Å². The van der Waals surface area contributed by atoms with Crippen LogP contribution in [0.4, 0.5) is 5.69 Å². The monoisotopic (exact) mass is 281 g/mol. The lowest BCUT2D eigenvalue weighted by Crippen LogP contribution is -2.10. The average molecular weight is 281 g/mol. The van der Waals surface area contributed by atoms with E-state index >= 15 is 0 Å². The van der Waals surface area contributed by atoms with Gasteiger partial charge in [0.1, 0.15) is 0 Å². The van der Waals surface area contributed by atoms with Crippen molar-refractivity contribution in [2.24, 2.45) is 0 Å². The third-order valence-electron chi connectivity index (χ3n) is 3.97. The predicted octanol–water partition coefficient (Wildman–Crippen LogP) is 6.15. The third-order valence-corrected chi connectivity index (χ3v) is 3.97. The van der Waals surface area contributed by atoms with Gasteiger partial charge in [-0.15, -0.1) is 0 Å². The molecule has 1 unspecified atom stereocenters. The Bertz CT molecular complexity index is 513. The number of rotatable bonds is 7. The molecule has 0 aromatic heterocycles. The van der Waals surface area contributed by atoms with Crippen LogP contribution in [0.25, 0.3) is 0 Å². The first-order chi connectivity index (χ1) is 10.2. The molecule has 1 heteroatoms. The largest absolute Gasteiger partial charge is 0.378 e. The molecule has 0 spiro atoms. The fourth-order valence-electron chi connectivity index (χ4n) is 2.58. The SMILES string of the molecule is CCCCC(Nc1ccc(C(C)C)cc1)c1ccccc1. The lowest BCUT2D eigenvalue weighted by atomic mass is 10.00. The van der Waals surface area contributed by atoms with Gasteiger partial charge in [0.15, 0.2) is 0 Å². The third kappa shape index (κ3) is 4.63. The fraction of sp³-hybridized carbons (Fsp3) is 0.400. The van der Waals surface area contributed by atoms with E-state index in [1.165, 1.54) is 36.1 Å². The molecule has 2 aromatic carbocycles. The first-order valence-electron chi connectivity index (χ1n) is 8.12. The van der Waals surface area contributed by atoms with E-state index in [9.17, 15) is 0 Å². The minimum Gasteiger partial charge on any atom is -0.378 e. The molecule has 2 rings (SSSR count). The summed E-state index contributed by atoms with van der Waals surface area (Å²) in [6.45, 7) is 6.71. The van der Waals surface area contributed by atoms with Crippen molar-refractivity contribution >= 4 is 5.69 Å². The number of hydrogen-bond donors (Lipinski definition) is 1. The summed E-state index contributed by atoms with van der Waals surface area (Å²) in [5, 5.41) is 3.70. The van der Waals surface area contributed by atoms with Crippen LogP contribution in [0.3, 0.4) is 0 Å². The van der Waals surface area contributed by atoms with Gasteiger partial charge in [-0.05, 0) is 35.6 Å². The summed E-state index contributed by atoms with van der Waals surface area (Å²) in [5.74, 6) is 0.587. The zero-order chi connectivity index (χ0) is 15.1. The first-order valence-corrected chi connectivity index (χ1v) is 8.12. The summed E-state index contributed by atoms with van der Waals surface area (Å²) >= 11 is 0. The first kappa shape index (κ1) is 15.6. The Labute approximate surface area is 129 Å².